The minimum absolute atomic E-state index is 0.0723. The Labute approximate surface area is 117 Å². The fourth-order valence-corrected chi connectivity index (χ4v) is 2.55. The van der Waals surface area contributed by atoms with Crippen LogP contribution >= 0.6 is 0 Å². The number of ketones is 1. The first-order valence-electron chi connectivity index (χ1n) is 6.72. The highest BCUT2D eigenvalue weighted by molar-refractivity contribution is 5.95. The molecule has 0 saturated heterocycles. The van der Waals surface area contributed by atoms with Crippen molar-refractivity contribution in [3.63, 3.8) is 0 Å². The monoisotopic (exact) mass is 270 g/mol. The summed E-state index contributed by atoms with van der Waals surface area (Å²) in [6.07, 6.45) is 1.92. The lowest BCUT2D eigenvalue weighted by Gasteiger charge is -2.20. The highest BCUT2D eigenvalue weighted by atomic mass is 19.1. The zero-order valence-electron chi connectivity index (χ0n) is 11.3. The summed E-state index contributed by atoms with van der Waals surface area (Å²) in [4.78, 5) is 11.5. The molecule has 0 unspecified atom stereocenters. The fraction of sp³-hybridized carbons (Fsp3) is 0.235. The molecule has 1 aliphatic rings. The third kappa shape index (κ3) is 2.20. The molecule has 0 aromatic heterocycles. The first-order valence-corrected chi connectivity index (χ1v) is 6.72. The quantitative estimate of drug-likeness (QED) is 0.770. The molecule has 0 N–H and O–H groups in total. The number of hydrogen-bond acceptors (Lipinski definition) is 2. The third-order valence-corrected chi connectivity index (χ3v) is 3.60. The van der Waals surface area contributed by atoms with Crippen LogP contribution in [-0.4, -0.2) is 12.4 Å². The summed E-state index contributed by atoms with van der Waals surface area (Å²) >= 11 is 0. The maximum atomic E-state index is 14.1. The van der Waals surface area contributed by atoms with Crippen molar-refractivity contribution in [2.45, 2.75) is 19.8 Å². The van der Waals surface area contributed by atoms with Crippen molar-refractivity contribution < 1.29 is 13.9 Å². The SMILES string of the molecule is CC(=O)c1ccc(F)c(-c2cccc3c2OCCC3)c1. The van der Waals surface area contributed by atoms with Crippen molar-refractivity contribution in [3.05, 3.63) is 53.3 Å². The van der Waals surface area contributed by atoms with E-state index in [1.165, 1.54) is 19.1 Å². The maximum absolute atomic E-state index is 14.1. The van der Waals surface area contributed by atoms with Crippen molar-refractivity contribution in [1.29, 1.82) is 0 Å². The molecule has 20 heavy (non-hydrogen) atoms. The van der Waals surface area contributed by atoms with Crippen molar-refractivity contribution in [2.75, 3.05) is 6.61 Å². The van der Waals surface area contributed by atoms with E-state index in [1.807, 2.05) is 18.2 Å². The van der Waals surface area contributed by atoms with Gasteiger partial charge < -0.3 is 4.74 Å². The molecule has 0 amide bonds. The molecule has 0 spiro atoms. The molecule has 1 aliphatic heterocycles. The molecular weight excluding hydrogens is 255 g/mol. The molecule has 0 fully saturated rings. The second-order valence-electron chi connectivity index (χ2n) is 5.00. The molecule has 2 nitrogen and oxygen atoms in total. The highest BCUT2D eigenvalue weighted by Gasteiger charge is 2.18. The Bertz CT molecular complexity index is 677. The van der Waals surface area contributed by atoms with Gasteiger partial charge in [0.25, 0.3) is 0 Å². The maximum Gasteiger partial charge on any atom is 0.159 e. The van der Waals surface area contributed by atoms with Crippen LogP contribution in [0.3, 0.4) is 0 Å². The van der Waals surface area contributed by atoms with E-state index < -0.39 is 0 Å². The second-order valence-corrected chi connectivity index (χ2v) is 5.00. The summed E-state index contributed by atoms with van der Waals surface area (Å²) in [5.74, 6) is 0.341. The average Bonchev–Trinajstić information content (AvgIpc) is 2.47. The molecule has 2 aromatic rings. The number of Topliss-reactive ketones (excluding diaryl/α,β-unsaturated/α-hetero) is 1. The molecule has 0 aliphatic carbocycles. The Morgan fingerprint density at radius 2 is 2.05 bits per heavy atom. The highest BCUT2D eigenvalue weighted by Crippen LogP contribution is 2.37. The fourth-order valence-electron chi connectivity index (χ4n) is 2.55. The van der Waals surface area contributed by atoms with Gasteiger partial charge in [-0.05, 0) is 43.5 Å². The van der Waals surface area contributed by atoms with E-state index in [1.54, 1.807) is 6.07 Å². The van der Waals surface area contributed by atoms with Gasteiger partial charge in [-0.1, -0.05) is 18.2 Å². The molecular formula is C17H15FO2. The number of hydrogen-bond donors (Lipinski definition) is 0. The number of para-hydroxylation sites is 1. The van der Waals surface area contributed by atoms with Gasteiger partial charge in [0.2, 0.25) is 0 Å². The summed E-state index contributed by atoms with van der Waals surface area (Å²) in [5, 5.41) is 0. The first-order chi connectivity index (χ1) is 9.66. The van der Waals surface area contributed by atoms with Crippen LogP contribution in [0.1, 0.15) is 29.3 Å². The minimum Gasteiger partial charge on any atom is -0.493 e. The van der Waals surface area contributed by atoms with Crippen LogP contribution in [-0.2, 0) is 6.42 Å². The van der Waals surface area contributed by atoms with E-state index in [-0.39, 0.29) is 11.6 Å². The van der Waals surface area contributed by atoms with E-state index in [9.17, 15) is 9.18 Å². The molecule has 3 rings (SSSR count). The van der Waals surface area contributed by atoms with Gasteiger partial charge >= 0.3 is 0 Å². The normalized spacial score (nSPS) is 13.5. The minimum atomic E-state index is -0.336. The van der Waals surface area contributed by atoms with E-state index in [0.717, 1.165) is 29.7 Å². The van der Waals surface area contributed by atoms with Crippen LogP contribution in [0.2, 0.25) is 0 Å². The zero-order valence-corrected chi connectivity index (χ0v) is 11.3. The van der Waals surface area contributed by atoms with Crippen LogP contribution < -0.4 is 4.74 Å². The van der Waals surface area contributed by atoms with Crippen LogP contribution in [0.5, 0.6) is 5.75 Å². The Hall–Kier alpha value is -2.16. The lowest BCUT2D eigenvalue weighted by Crippen LogP contribution is -2.09. The number of halogens is 1. The van der Waals surface area contributed by atoms with Crippen LogP contribution in [0, 0.1) is 5.82 Å². The van der Waals surface area contributed by atoms with Gasteiger partial charge in [-0.2, -0.15) is 0 Å². The average molecular weight is 270 g/mol. The van der Waals surface area contributed by atoms with Crippen molar-refractivity contribution in [3.8, 4) is 16.9 Å². The number of rotatable bonds is 2. The third-order valence-electron chi connectivity index (χ3n) is 3.60. The van der Waals surface area contributed by atoms with E-state index in [0.29, 0.717) is 17.7 Å². The lowest BCUT2D eigenvalue weighted by molar-refractivity contribution is 0.101. The Morgan fingerprint density at radius 3 is 2.85 bits per heavy atom. The van der Waals surface area contributed by atoms with Gasteiger partial charge in [0.1, 0.15) is 11.6 Å². The van der Waals surface area contributed by atoms with E-state index >= 15 is 0 Å². The van der Waals surface area contributed by atoms with Crippen molar-refractivity contribution in [1.82, 2.24) is 0 Å². The van der Waals surface area contributed by atoms with Crippen LogP contribution in [0.15, 0.2) is 36.4 Å². The van der Waals surface area contributed by atoms with E-state index in [2.05, 4.69) is 0 Å². The van der Waals surface area contributed by atoms with Gasteiger partial charge in [-0.25, -0.2) is 4.39 Å². The first kappa shape index (κ1) is 12.9. The van der Waals surface area contributed by atoms with Crippen LogP contribution in [0.25, 0.3) is 11.1 Å². The zero-order chi connectivity index (χ0) is 14.1. The van der Waals surface area contributed by atoms with E-state index in [4.69, 9.17) is 4.74 Å². The topological polar surface area (TPSA) is 26.3 Å². The number of benzene rings is 2. The Balaban J connectivity index is 2.18. The molecule has 0 atom stereocenters. The summed E-state index contributed by atoms with van der Waals surface area (Å²) in [7, 11) is 0. The number of aryl methyl sites for hydroxylation is 1. The van der Waals surface area contributed by atoms with Gasteiger partial charge in [-0.3, -0.25) is 4.79 Å². The molecule has 0 saturated carbocycles. The molecule has 0 radical (unpaired) electrons. The number of carbonyl (C=O) groups excluding carboxylic acids is 1. The van der Waals surface area contributed by atoms with Gasteiger partial charge in [0, 0.05) is 16.7 Å². The molecule has 0 bridgehead atoms. The number of ether oxygens (including phenoxy) is 1. The second kappa shape index (κ2) is 5.08. The predicted octanol–water partition coefficient (Wildman–Crippen LogP) is 4.02. The summed E-state index contributed by atoms with van der Waals surface area (Å²) in [6.45, 7) is 2.13. The van der Waals surface area contributed by atoms with Gasteiger partial charge in [0.15, 0.2) is 5.78 Å². The molecule has 102 valence electrons. The largest absolute Gasteiger partial charge is 0.493 e. The van der Waals surface area contributed by atoms with Gasteiger partial charge in [0.05, 0.1) is 6.61 Å². The Morgan fingerprint density at radius 1 is 1.20 bits per heavy atom. The predicted molar refractivity (Wildman–Crippen MR) is 75.7 cm³/mol. The molecule has 1 heterocycles. The number of fused-ring (bicyclic) bond motifs is 1. The smallest absolute Gasteiger partial charge is 0.159 e. The summed E-state index contributed by atoms with van der Waals surface area (Å²) in [5.41, 5.74) is 2.76. The molecule has 3 heteroatoms. The number of carbonyl (C=O) groups is 1. The van der Waals surface area contributed by atoms with Gasteiger partial charge in [-0.15, -0.1) is 0 Å². The standard InChI is InChI=1S/C17H15FO2/c1-11(19)13-7-8-16(18)15(10-13)14-6-2-4-12-5-3-9-20-17(12)14/h2,4,6-8,10H,3,5,9H2,1H3. The summed E-state index contributed by atoms with van der Waals surface area (Å²) in [6, 6.07) is 10.2. The van der Waals surface area contributed by atoms with Crippen molar-refractivity contribution in [2.24, 2.45) is 0 Å². The lowest BCUT2D eigenvalue weighted by atomic mass is 9.95. The summed E-state index contributed by atoms with van der Waals surface area (Å²) < 4.78 is 19.8. The molecule has 2 aromatic carbocycles. The van der Waals surface area contributed by atoms with Crippen molar-refractivity contribution >= 4 is 5.78 Å². The Kier molecular flexibility index (Phi) is 3.26. The van der Waals surface area contributed by atoms with Crippen LogP contribution in [0.4, 0.5) is 4.39 Å².